The summed E-state index contributed by atoms with van der Waals surface area (Å²) in [6.07, 6.45) is 3.13. The number of rotatable bonds is 9. The molecule has 2 aromatic rings. The first-order chi connectivity index (χ1) is 18.8. The topological polar surface area (TPSA) is 102 Å². The number of aliphatic imine (C=N–C) groups is 2. The Hall–Kier alpha value is -3.88. The molecule has 214 valence electrons. The second kappa shape index (κ2) is 11.3. The average Bonchev–Trinajstić information content (AvgIpc) is 3.20. The maximum Gasteiger partial charge on any atom is 0.325 e. The molecule has 2 aliphatic heterocycles. The van der Waals surface area contributed by atoms with Crippen LogP contribution in [0.4, 0.5) is 5.69 Å². The van der Waals surface area contributed by atoms with Crippen LogP contribution in [0.25, 0.3) is 0 Å². The molecule has 0 saturated heterocycles. The quantitative estimate of drug-likeness (QED) is 0.282. The predicted octanol–water partition coefficient (Wildman–Crippen LogP) is 4.49. The fourth-order valence-electron chi connectivity index (χ4n) is 5.16. The van der Waals surface area contributed by atoms with Gasteiger partial charge in [0.15, 0.2) is 11.5 Å². The molecule has 0 bridgehead atoms. The van der Waals surface area contributed by atoms with Crippen molar-refractivity contribution >= 4 is 29.6 Å². The van der Waals surface area contributed by atoms with Gasteiger partial charge >= 0.3 is 5.97 Å². The van der Waals surface area contributed by atoms with Crippen molar-refractivity contribution < 1.29 is 23.8 Å². The fraction of sp³-hybridized carbons (Fsp3) is 0.484. The van der Waals surface area contributed by atoms with Gasteiger partial charge in [-0.3, -0.25) is 14.6 Å². The van der Waals surface area contributed by atoms with E-state index in [-0.39, 0.29) is 24.3 Å². The van der Waals surface area contributed by atoms with Crippen LogP contribution >= 0.6 is 0 Å². The van der Waals surface area contributed by atoms with Crippen molar-refractivity contribution in [2.45, 2.75) is 65.5 Å². The number of carbonyl (C=O) groups is 2. The van der Waals surface area contributed by atoms with E-state index in [0.717, 1.165) is 52.3 Å². The number of nitrogens with zero attached hydrogens (tertiary/aromatic N) is 3. The van der Waals surface area contributed by atoms with E-state index in [1.54, 1.807) is 24.2 Å². The van der Waals surface area contributed by atoms with Gasteiger partial charge in [0.25, 0.3) is 5.91 Å². The Morgan fingerprint density at radius 2 is 1.88 bits per heavy atom. The number of esters is 1. The number of amides is 1. The van der Waals surface area contributed by atoms with Crippen LogP contribution in [0.5, 0.6) is 11.5 Å². The summed E-state index contributed by atoms with van der Waals surface area (Å²) in [5.41, 5.74) is 5.10. The van der Waals surface area contributed by atoms with E-state index in [9.17, 15) is 9.59 Å². The van der Waals surface area contributed by atoms with E-state index in [1.807, 2.05) is 33.2 Å². The molecule has 0 atom stereocenters. The lowest BCUT2D eigenvalue weighted by atomic mass is 9.80. The van der Waals surface area contributed by atoms with Gasteiger partial charge in [-0.1, -0.05) is 6.07 Å². The van der Waals surface area contributed by atoms with Crippen LogP contribution in [0, 0.1) is 0 Å². The lowest BCUT2D eigenvalue weighted by molar-refractivity contribution is -0.141. The van der Waals surface area contributed by atoms with Crippen LogP contribution in [0.3, 0.4) is 0 Å². The highest BCUT2D eigenvalue weighted by Crippen LogP contribution is 2.48. The molecule has 40 heavy (non-hydrogen) atoms. The van der Waals surface area contributed by atoms with Crippen molar-refractivity contribution in [3.05, 3.63) is 52.1 Å². The van der Waals surface area contributed by atoms with Crippen molar-refractivity contribution in [2.75, 3.05) is 33.9 Å². The maximum absolute atomic E-state index is 13.1. The maximum atomic E-state index is 13.1. The molecular formula is C31H40N4O5. The highest BCUT2D eigenvalue weighted by atomic mass is 16.5. The standard InChI is InChI=1S/C31H40N4O5/c1-9-38-24-14-20-15-30(3,4)34-27(26(20)22-16-31(5,6)40-28(22)24)19-11-12-21(23(13-19)33-18-35(7)8)29(37)32-17-25(36)39-10-2/h11-14,18H,9-10,15-17H2,1-8H3,(H,32,37)/b33-18+. The molecule has 0 fully saturated rings. The number of hydrogen-bond donors (Lipinski definition) is 1. The Kier molecular flexibility index (Phi) is 8.23. The number of benzene rings is 2. The summed E-state index contributed by atoms with van der Waals surface area (Å²) in [5.74, 6) is 0.642. The number of hydrogen-bond acceptors (Lipinski definition) is 7. The van der Waals surface area contributed by atoms with Gasteiger partial charge in [-0.2, -0.15) is 0 Å². The van der Waals surface area contributed by atoms with Gasteiger partial charge < -0.3 is 24.4 Å². The SMILES string of the molecule is CCOC(=O)CNC(=O)c1ccc(C2=NC(C)(C)Cc3cc(OCC)c4c(c32)CC(C)(C)O4)cc1/N=C/N(C)C. The van der Waals surface area contributed by atoms with Crippen LogP contribution in [0.15, 0.2) is 34.3 Å². The zero-order valence-corrected chi connectivity index (χ0v) is 24.8. The van der Waals surface area contributed by atoms with Crippen LogP contribution in [-0.2, 0) is 22.4 Å². The lowest BCUT2D eigenvalue weighted by Crippen LogP contribution is -2.31. The Morgan fingerprint density at radius 3 is 2.55 bits per heavy atom. The minimum absolute atomic E-state index is 0.219. The second-order valence-electron chi connectivity index (χ2n) is 11.6. The van der Waals surface area contributed by atoms with Crippen molar-refractivity contribution in [3.63, 3.8) is 0 Å². The first-order valence-electron chi connectivity index (χ1n) is 13.7. The summed E-state index contributed by atoms with van der Waals surface area (Å²) >= 11 is 0. The van der Waals surface area contributed by atoms with E-state index in [0.29, 0.717) is 17.9 Å². The highest BCUT2D eigenvalue weighted by molar-refractivity contribution is 6.17. The minimum Gasteiger partial charge on any atom is -0.490 e. The van der Waals surface area contributed by atoms with E-state index in [2.05, 4.69) is 44.1 Å². The summed E-state index contributed by atoms with van der Waals surface area (Å²) in [6, 6.07) is 7.60. The molecule has 0 unspecified atom stereocenters. The Balaban J connectivity index is 1.83. The number of fused-ring (bicyclic) bond motifs is 3. The molecule has 2 aliphatic rings. The molecule has 0 aliphatic carbocycles. The van der Waals surface area contributed by atoms with Gasteiger partial charge in [0.05, 0.1) is 42.1 Å². The van der Waals surface area contributed by atoms with Crippen molar-refractivity contribution in [1.29, 1.82) is 0 Å². The average molecular weight is 549 g/mol. The minimum atomic E-state index is -0.494. The molecule has 9 nitrogen and oxygen atoms in total. The Labute approximate surface area is 236 Å². The molecule has 1 amide bonds. The fourth-order valence-corrected chi connectivity index (χ4v) is 5.16. The number of ether oxygens (including phenoxy) is 3. The summed E-state index contributed by atoms with van der Waals surface area (Å²) in [7, 11) is 3.72. The van der Waals surface area contributed by atoms with Gasteiger partial charge in [-0.15, -0.1) is 0 Å². The van der Waals surface area contributed by atoms with Crippen LogP contribution in [-0.4, -0.2) is 73.8 Å². The van der Waals surface area contributed by atoms with E-state index in [1.165, 1.54) is 0 Å². The lowest BCUT2D eigenvalue weighted by Gasteiger charge is -2.31. The molecule has 0 radical (unpaired) electrons. The van der Waals surface area contributed by atoms with Crippen LogP contribution < -0.4 is 14.8 Å². The molecule has 2 aromatic carbocycles. The largest absolute Gasteiger partial charge is 0.490 e. The molecule has 0 aromatic heterocycles. The van der Waals surface area contributed by atoms with E-state index >= 15 is 0 Å². The first kappa shape index (κ1) is 29.1. The monoisotopic (exact) mass is 548 g/mol. The van der Waals surface area contributed by atoms with Gasteiger partial charge in [0.1, 0.15) is 12.1 Å². The summed E-state index contributed by atoms with van der Waals surface area (Å²) in [6.45, 7) is 12.7. The number of nitrogens with one attached hydrogen (secondary N) is 1. The van der Waals surface area contributed by atoms with Gasteiger partial charge in [0, 0.05) is 37.2 Å². The highest BCUT2D eigenvalue weighted by Gasteiger charge is 2.40. The first-order valence-corrected chi connectivity index (χ1v) is 13.7. The third-order valence-corrected chi connectivity index (χ3v) is 6.62. The van der Waals surface area contributed by atoms with Gasteiger partial charge in [0.2, 0.25) is 0 Å². The summed E-state index contributed by atoms with van der Waals surface area (Å²) in [5, 5.41) is 2.64. The summed E-state index contributed by atoms with van der Waals surface area (Å²) in [4.78, 5) is 36.5. The zero-order valence-electron chi connectivity index (χ0n) is 24.8. The van der Waals surface area contributed by atoms with Crippen molar-refractivity contribution in [3.8, 4) is 11.5 Å². The third kappa shape index (κ3) is 6.29. The van der Waals surface area contributed by atoms with Crippen molar-refractivity contribution in [1.82, 2.24) is 10.2 Å². The van der Waals surface area contributed by atoms with E-state index in [4.69, 9.17) is 19.2 Å². The smallest absolute Gasteiger partial charge is 0.325 e. The molecule has 4 rings (SSSR count). The molecule has 1 N–H and O–H groups in total. The van der Waals surface area contributed by atoms with Crippen LogP contribution in [0.1, 0.15) is 74.2 Å². The molecule has 2 heterocycles. The molecule has 0 saturated carbocycles. The molecule has 9 heteroatoms. The number of carbonyl (C=O) groups excluding carboxylic acids is 2. The van der Waals surface area contributed by atoms with Gasteiger partial charge in [-0.05, 0) is 71.7 Å². The third-order valence-electron chi connectivity index (χ3n) is 6.62. The van der Waals surface area contributed by atoms with Crippen molar-refractivity contribution in [2.24, 2.45) is 9.98 Å². The molecule has 0 spiro atoms. The van der Waals surface area contributed by atoms with Crippen LogP contribution in [0.2, 0.25) is 0 Å². The van der Waals surface area contributed by atoms with E-state index < -0.39 is 11.9 Å². The predicted molar refractivity (Wildman–Crippen MR) is 157 cm³/mol. The second-order valence-corrected chi connectivity index (χ2v) is 11.6. The Bertz CT molecular complexity index is 1370. The Morgan fingerprint density at radius 1 is 1.12 bits per heavy atom. The summed E-state index contributed by atoms with van der Waals surface area (Å²) < 4.78 is 17.3. The van der Waals surface area contributed by atoms with Gasteiger partial charge in [-0.25, -0.2) is 4.99 Å². The molecular weight excluding hydrogens is 508 g/mol. The normalized spacial score (nSPS) is 16.4. The zero-order chi connectivity index (χ0) is 29.2.